The molecule has 1 unspecified atom stereocenters. The van der Waals surface area contributed by atoms with Gasteiger partial charge in [-0.3, -0.25) is 0 Å². The molecule has 0 aromatic heterocycles. The Morgan fingerprint density at radius 2 is 1.58 bits per heavy atom. The third kappa shape index (κ3) is 3.22. The van der Waals surface area contributed by atoms with E-state index >= 15 is 0 Å². The van der Waals surface area contributed by atoms with Gasteiger partial charge in [-0.1, -0.05) is 54.6 Å². The van der Waals surface area contributed by atoms with Crippen molar-refractivity contribution in [2.75, 3.05) is 6.54 Å². The van der Waals surface area contributed by atoms with Gasteiger partial charge in [-0.2, -0.15) is 0 Å². The molecule has 2 aromatic rings. The van der Waals surface area contributed by atoms with E-state index < -0.39 is 6.10 Å². The Kier molecular flexibility index (Phi) is 3.62. The van der Waals surface area contributed by atoms with Crippen LogP contribution in [0.2, 0.25) is 0 Å². The van der Waals surface area contributed by atoms with Crippen LogP contribution in [0.3, 0.4) is 0 Å². The highest BCUT2D eigenvalue weighted by Crippen LogP contribution is 2.23. The van der Waals surface area contributed by atoms with Crippen LogP contribution in [0.4, 0.5) is 0 Å². The van der Waals surface area contributed by atoms with E-state index in [-0.39, 0.29) is 0 Å². The Hall–Kier alpha value is -1.64. The molecule has 0 amide bonds. The molecule has 0 bridgehead atoms. The number of benzene rings is 2. The molecule has 0 saturated heterocycles. The minimum absolute atomic E-state index is 0.412. The van der Waals surface area contributed by atoms with Crippen LogP contribution in [0.25, 0.3) is 11.1 Å². The molecule has 1 fully saturated rings. The Labute approximate surface area is 114 Å². The minimum Gasteiger partial charge on any atom is -0.387 e. The van der Waals surface area contributed by atoms with Crippen molar-refractivity contribution in [2.45, 2.75) is 25.0 Å². The van der Waals surface area contributed by atoms with Crippen LogP contribution >= 0.6 is 0 Å². The van der Waals surface area contributed by atoms with Gasteiger partial charge in [-0.15, -0.1) is 0 Å². The fourth-order valence-corrected chi connectivity index (χ4v) is 2.21. The van der Waals surface area contributed by atoms with Gasteiger partial charge in [0.25, 0.3) is 0 Å². The number of hydrogen-bond acceptors (Lipinski definition) is 2. The Balaban J connectivity index is 1.67. The van der Waals surface area contributed by atoms with Crippen molar-refractivity contribution < 1.29 is 5.11 Å². The zero-order chi connectivity index (χ0) is 13.1. The first-order chi connectivity index (χ1) is 9.33. The van der Waals surface area contributed by atoms with E-state index in [2.05, 4.69) is 29.6 Å². The Morgan fingerprint density at radius 1 is 0.947 bits per heavy atom. The molecule has 0 aliphatic heterocycles. The van der Waals surface area contributed by atoms with Crippen molar-refractivity contribution in [3.63, 3.8) is 0 Å². The van der Waals surface area contributed by atoms with Gasteiger partial charge in [0.2, 0.25) is 0 Å². The van der Waals surface area contributed by atoms with Crippen LogP contribution in [-0.4, -0.2) is 17.7 Å². The molecule has 1 aliphatic carbocycles. The topological polar surface area (TPSA) is 32.3 Å². The van der Waals surface area contributed by atoms with Gasteiger partial charge < -0.3 is 10.4 Å². The summed E-state index contributed by atoms with van der Waals surface area (Å²) in [5.74, 6) is 0. The maximum Gasteiger partial charge on any atom is 0.0914 e. The Bertz CT molecular complexity index is 517. The van der Waals surface area contributed by atoms with E-state index in [9.17, 15) is 5.11 Å². The summed E-state index contributed by atoms with van der Waals surface area (Å²) in [6, 6.07) is 19.1. The first kappa shape index (κ1) is 12.4. The largest absolute Gasteiger partial charge is 0.387 e. The first-order valence-electron chi connectivity index (χ1n) is 6.90. The van der Waals surface area contributed by atoms with Crippen LogP contribution in [0.1, 0.15) is 24.5 Å². The van der Waals surface area contributed by atoms with Crippen molar-refractivity contribution in [1.29, 1.82) is 0 Å². The van der Waals surface area contributed by atoms with Crippen molar-refractivity contribution in [3.8, 4) is 11.1 Å². The first-order valence-corrected chi connectivity index (χ1v) is 6.90. The molecule has 2 nitrogen and oxygen atoms in total. The SMILES string of the molecule is OC(CNC1CC1)c1ccc(-c2ccccc2)cc1. The summed E-state index contributed by atoms with van der Waals surface area (Å²) in [6.45, 7) is 0.648. The van der Waals surface area contributed by atoms with Gasteiger partial charge in [0.05, 0.1) is 6.10 Å². The van der Waals surface area contributed by atoms with Gasteiger partial charge in [0.15, 0.2) is 0 Å². The molecule has 2 aromatic carbocycles. The highest BCUT2D eigenvalue weighted by Gasteiger charge is 2.21. The minimum atomic E-state index is -0.412. The standard InChI is InChI=1S/C17H19NO/c19-17(12-18-16-10-11-16)15-8-6-14(7-9-15)13-4-2-1-3-5-13/h1-9,16-19H,10-12H2. The number of nitrogens with one attached hydrogen (secondary N) is 1. The molecule has 0 spiro atoms. The summed E-state index contributed by atoms with van der Waals surface area (Å²) in [4.78, 5) is 0. The second kappa shape index (κ2) is 5.55. The zero-order valence-corrected chi connectivity index (χ0v) is 10.9. The van der Waals surface area contributed by atoms with Crippen LogP contribution in [-0.2, 0) is 0 Å². The predicted molar refractivity (Wildman–Crippen MR) is 77.9 cm³/mol. The molecule has 2 heteroatoms. The van der Waals surface area contributed by atoms with E-state index in [0.29, 0.717) is 12.6 Å². The lowest BCUT2D eigenvalue weighted by atomic mass is 10.0. The van der Waals surface area contributed by atoms with Crippen LogP contribution < -0.4 is 5.32 Å². The summed E-state index contributed by atoms with van der Waals surface area (Å²) < 4.78 is 0. The third-order valence-corrected chi connectivity index (χ3v) is 3.58. The molecule has 19 heavy (non-hydrogen) atoms. The molecular formula is C17H19NO. The van der Waals surface area contributed by atoms with Crippen molar-refractivity contribution in [3.05, 3.63) is 60.2 Å². The average Bonchev–Trinajstić information content (AvgIpc) is 3.30. The highest BCUT2D eigenvalue weighted by molar-refractivity contribution is 5.63. The van der Waals surface area contributed by atoms with Gasteiger partial charge in [0, 0.05) is 12.6 Å². The monoisotopic (exact) mass is 253 g/mol. The van der Waals surface area contributed by atoms with Crippen molar-refractivity contribution in [2.24, 2.45) is 0 Å². The maximum atomic E-state index is 10.1. The summed E-state index contributed by atoms with van der Waals surface area (Å²) in [5.41, 5.74) is 3.37. The van der Waals surface area contributed by atoms with Crippen LogP contribution in [0.5, 0.6) is 0 Å². The normalized spacial score (nSPS) is 16.3. The molecular weight excluding hydrogens is 234 g/mol. The summed E-state index contributed by atoms with van der Waals surface area (Å²) >= 11 is 0. The van der Waals surface area contributed by atoms with E-state index in [4.69, 9.17) is 0 Å². The van der Waals surface area contributed by atoms with Crippen molar-refractivity contribution in [1.82, 2.24) is 5.32 Å². The molecule has 1 atom stereocenters. The molecule has 98 valence electrons. The quantitative estimate of drug-likeness (QED) is 0.858. The number of rotatable bonds is 5. The van der Waals surface area contributed by atoms with E-state index in [1.54, 1.807) is 0 Å². The van der Waals surface area contributed by atoms with E-state index in [1.807, 2.05) is 30.3 Å². The predicted octanol–water partition coefficient (Wildman–Crippen LogP) is 3.14. The molecule has 1 saturated carbocycles. The van der Waals surface area contributed by atoms with Crippen LogP contribution in [0.15, 0.2) is 54.6 Å². The van der Waals surface area contributed by atoms with Gasteiger partial charge >= 0.3 is 0 Å². The fraction of sp³-hybridized carbons (Fsp3) is 0.294. The second-order valence-corrected chi connectivity index (χ2v) is 5.19. The molecule has 3 rings (SSSR count). The maximum absolute atomic E-state index is 10.1. The smallest absolute Gasteiger partial charge is 0.0914 e. The summed E-state index contributed by atoms with van der Waals surface area (Å²) in [7, 11) is 0. The summed E-state index contributed by atoms with van der Waals surface area (Å²) in [5, 5.41) is 13.4. The zero-order valence-electron chi connectivity index (χ0n) is 10.9. The Morgan fingerprint density at radius 3 is 2.21 bits per heavy atom. The molecule has 0 radical (unpaired) electrons. The average molecular weight is 253 g/mol. The second-order valence-electron chi connectivity index (χ2n) is 5.19. The third-order valence-electron chi connectivity index (χ3n) is 3.58. The number of hydrogen-bond donors (Lipinski definition) is 2. The van der Waals surface area contributed by atoms with Crippen molar-refractivity contribution >= 4 is 0 Å². The lowest BCUT2D eigenvalue weighted by Gasteiger charge is -2.12. The van der Waals surface area contributed by atoms with Gasteiger partial charge in [0.1, 0.15) is 0 Å². The van der Waals surface area contributed by atoms with Crippen LogP contribution in [0, 0.1) is 0 Å². The van der Waals surface area contributed by atoms with Gasteiger partial charge in [-0.25, -0.2) is 0 Å². The lowest BCUT2D eigenvalue weighted by molar-refractivity contribution is 0.174. The summed E-state index contributed by atoms with van der Waals surface area (Å²) in [6.07, 6.45) is 2.09. The van der Waals surface area contributed by atoms with Gasteiger partial charge in [-0.05, 0) is 29.5 Å². The van der Waals surface area contributed by atoms with E-state index in [1.165, 1.54) is 24.0 Å². The lowest BCUT2D eigenvalue weighted by Crippen LogP contribution is -2.23. The molecule has 0 heterocycles. The number of aliphatic hydroxyl groups is 1. The fourth-order valence-electron chi connectivity index (χ4n) is 2.21. The highest BCUT2D eigenvalue weighted by atomic mass is 16.3. The molecule has 1 aliphatic rings. The number of aliphatic hydroxyl groups excluding tert-OH is 1. The molecule has 2 N–H and O–H groups in total. The van der Waals surface area contributed by atoms with E-state index in [0.717, 1.165) is 5.56 Å².